The van der Waals surface area contributed by atoms with E-state index in [4.69, 9.17) is 4.42 Å². The zero-order valence-electron chi connectivity index (χ0n) is 11.0. The van der Waals surface area contributed by atoms with E-state index in [9.17, 15) is 18.5 Å². The fourth-order valence-corrected chi connectivity index (χ4v) is 2.50. The van der Waals surface area contributed by atoms with Gasteiger partial charge in [0.05, 0.1) is 9.82 Å². The fraction of sp³-hybridized carbons (Fsp3) is 0.200. The molecule has 2 N–H and O–H groups in total. The number of sulfonamides is 1. The lowest BCUT2D eigenvalue weighted by Gasteiger charge is -2.07. The van der Waals surface area contributed by atoms with Crippen LogP contribution in [0.3, 0.4) is 0 Å². The largest absolute Gasteiger partial charge is 0.408 e. The van der Waals surface area contributed by atoms with Crippen LogP contribution < -0.4 is 10.0 Å². The minimum atomic E-state index is -3.98. The monoisotopic (exact) mass is 313 g/mol. The summed E-state index contributed by atoms with van der Waals surface area (Å²) in [6.07, 6.45) is 0. The molecule has 2 rings (SSSR count). The van der Waals surface area contributed by atoms with E-state index >= 15 is 0 Å². The molecule has 0 fully saturated rings. The second-order valence-corrected chi connectivity index (χ2v) is 5.60. The van der Waals surface area contributed by atoms with Gasteiger partial charge in [0, 0.05) is 20.0 Å². The summed E-state index contributed by atoms with van der Waals surface area (Å²) in [6, 6.07) is 3.07. The van der Waals surface area contributed by atoms with E-state index in [2.05, 4.69) is 20.2 Å². The Morgan fingerprint density at radius 1 is 1.33 bits per heavy atom. The lowest BCUT2D eigenvalue weighted by Crippen LogP contribution is -2.13. The molecule has 0 bridgehead atoms. The fourth-order valence-electron chi connectivity index (χ4n) is 1.55. The number of hydrogen-bond acceptors (Lipinski definition) is 8. The molecule has 0 spiro atoms. The third-order valence-corrected chi connectivity index (χ3v) is 3.81. The average molecular weight is 313 g/mol. The van der Waals surface area contributed by atoms with Gasteiger partial charge in [0.1, 0.15) is 5.69 Å². The van der Waals surface area contributed by atoms with Crippen LogP contribution in [0.1, 0.15) is 5.89 Å². The molecule has 0 radical (unpaired) electrons. The van der Waals surface area contributed by atoms with Crippen molar-refractivity contribution in [1.82, 2.24) is 10.2 Å². The first-order valence-corrected chi connectivity index (χ1v) is 7.11. The highest BCUT2D eigenvalue weighted by Gasteiger charge is 2.21. The number of benzene rings is 1. The van der Waals surface area contributed by atoms with Crippen LogP contribution in [-0.2, 0) is 10.0 Å². The molecule has 1 aromatic heterocycles. The van der Waals surface area contributed by atoms with Crippen molar-refractivity contribution in [1.29, 1.82) is 0 Å². The number of anilines is 2. The van der Waals surface area contributed by atoms with Crippen LogP contribution in [0.15, 0.2) is 27.5 Å². The summed E-state index contributed by atoms with van der Waals surface area (Å²) in [5, 5.41) is 20.4. The molecule has 10 nitrogen and oxygen atoms in total. The molecule has 0 amide bonds. The maximum Gasteiger partial charge on any atom is 0.329 e. The van der Waals surface area contributed by atoms with Crippen LogP contribution in [-0.4, -0.2) is 30.6 Å². The van der Waals surface area contributed by atoms with Crippen LogP contribution in [0.4, 0.5) is 17.4 Å². The van der Waals surface area contributed by atoms with Gasteiger partial charge in [0.25, 0.3) is 15.7 Å². The van der Waals surface area contributed by atoms with Crippen LogP contribution in [0.5, 0.6) is 0 Å². The lowest BCUT2D eigenvalue weighted by molar-refractivity contribution is -0.384. The normalized spacial score (nSPS) is 11.1. The molecule has 0 saturated heterocycles. The highest BCUT2D eigenvalue weighted by atomic mass is 32.2. The van der Waals surface area contributed by atoms with Crippen molar-refractivity contribution in [2.75, 3.05) is 17.1 Å². The smallest absolute Gasteiger partial charge is 0.329 e. The van der Waals surface area contributed by atoms with Gasteiger partial charge in [-0.1, -0.05) is 5.10 Å². The Kier molecular flexibility index (Phi) is 3.76. The maximum absolute atomic E-state index is 12.1. The van der Waals surface area contributed by atoms with Crippen molar-refractivity contribution in [2.24, 2.45) is 0 Å². The second kappa shape index (κ2) is 5.36. The van der Waals surface area contributed by atoms with Gasteiger partial charge in [0.2, 0.25) is 5.89 Å². The predicted molar refractivity (Wildman–Crippen MR) is 72.5 cm³/mol. The van der Waals surface area contributed by atoms with Crippen LogP contribution >= 0.6 is 0 Å². The summed E-state index contributed by atoms with van der Waals surface area (Å²) >= 11 is 0. The highest BCUT2D eigenvalue weighted by Crippen LogP contribution is 2.27. The molecule has 0 atom stereocenters. The summed E-state index contributed by atoms with van der Waals surface area (Å²) in [7, 11) is -2.53. The van der Waals surface area contributed by atoms with Crippen molar-refractivity contribution < 1.29 is 17.8 Å². The molecular weight excluding hydrogens is 302 g/mol. The molecule has 0 unspecified atom stereocenters. The number of aromatic nitrogens is 2. The molecule has 2 aromatic rings. The Balaban J connectivity index is 2.38. The number of aryl methyl sites for hydroxylation is 1. The molecule has 21 heavy (non-hydrogen) atoms. The summed E-state index contributed by atoms with van der Waals surface area (Å²) in [6.45, 7) is 1.51. The first-order chi connectivity index (χ1) is 9.83. The number of hydrogen-bond donors (Lipinski definition) is 2. The Labute approximate surface area is 119 Å². The summed E-state index contributed by atoms with van der Waals surface area (Å²) < 4.78 is 31.3. The van der Waals surface area contributed by atoms with E-state index in [1.165, 1.54) is 14.0 Å². The zero-order valence-corrected chi connectivity index (χ0v) is 11.8. The molecule has 0 aliphatic heterocycles. The van der Waals surface area contributed by atoms with Crippen molar-refractivity contribution in [3.8, 4) is 0 Å². The first-order valence-electron chi connectivity index (χ1n) is 5.62. The molecule has 1 aromatic carbocycles. The maximum atomic E-state index is 12.1. The Morgan fingerprint density at radius 2 is 2.05 bits per heavy atom. The third-order valence-electron chi connectivity index (χ3n) is 2.49. The minimum Gasteiger partial charge on any atom is -0.408 e. The molecule has 112 valence electrons. The van der Waals surface area contributed by atoms with E-state index in [1.807, 2.05) is 0 Å². The molecule has 1 heterocycles. The molecule has 0 saturated carbocycles. The predicted octanol–water partition coefficient (Wildman–Crippen LogP) is 1.13. The average Bonchev–Trinajstić information content (AvgIpc) is 2.82. The van der Waals surface area contributed by atoms with Gasteiger partial charge in [-0.3, -0.25) is 10.1 Å². The third kappa shape index (κ3) is 3.08. The summed E-state index contributed by atoms with van der Waals surface area (Å²) in [5.74, 6) is 0.201. The van der Waals surface area contributed by atoms with Gasteiger partial charge in [-0.05, 0) is 12.1 Å². The van der Waals surface area contributed by atoms with E-state index in [1.54, 1.807) is 0 Å². The Bertz CT molecular complexity index is 785. The van der Waals surface area contributed by atoms with Gasteiger partial charge in [-0.2, -0.15) is 0 Å². The standard InChI is InChI=1S/C10H11N5O5S/c1-6-12-13-10(20-6)14-21(18,19)7-3-4-9(15(16)17)8(5-7)11-2/h3-5,11H,1-2H3,(H,13,14). The Hall–Kier alpha value is -2.69. The molecule has 0 aliphatic carbocycles. The van der Waals surface area contributed by atoms with E-state index in [0.29, 0.717) is 0 Å². The van der Waals surface area contributed by atoms with E-state index in [0.717, 1.165) is 18.2 Å². The zero-order chi connectivity index (χ0) is 15.6. The van der Waals surface area contributed by atoms with E-state index < -0.39 is 14.9 Å². The van der Waals surface area contributed by atoms with Crippen LogP contribution in [0.2, 0.25) is 0 Å². The number of nitro groups is 1. The van der Waals surface area contributed by atoms with Crippen molar-refractivity contribution in [3.63, 3.8) is 0 Å². The number of rotatable bonds is 5. The molecular formula is C10H11N5O5S. The quantitative estimate of drug-likeness (QED) is 0.618. The SMILES string of the molecule is CNc1cc(S(=O)(=O)Nc2nnc(C)o2)ccc1[N+](=O)[O-]. The topological polar surface area (TPSA) is 140 Å². The van der Waals surface area contributed by atoms with Crippen molar-refractivity contribution in [3.05, 3.63) is 34.2 Å². The lowest BCUT2D eigenvalue weighted by atomic mass is 10.3. The van der Waals surface area contributed by atoms with Gasteiger partial charge in [-0.25, -0.2) is 13.1 Å². The Morgan fingerprint density at radius 3 is 2.57 bits per heavy atom. The van der Waals surface area contributed by atoms with Gasteiger partial charge >= 0.3 is 6.01 Å². The molecule has 11 heteroatoms. The van der Waals surface area contributed by atoms with Gasteiger partial charge in [-0.15, -0.1) is 5.10 Å². The minimum absolute atomic E-state index is 0.0737. The molecule has 0 aliphatic rings. The summed E-state index contributed by atoms with van der Waals surface area (Å²) in [4.78, 5) is 10.0. The van der Waals surface area contributed by atoms with E-state index in [-0.39, 0.29) is 28.2 Å². The number of nitrogens with zero attached hydrogens (tertiary/aromatic N) is 3. The van der Waals surface area contributed by atoms with Crippen molar-refractivity contribution in [2.45, 2.75) is 11.8 Å². The first kappa shape index (κ1) is 14.7. The number of nitro benzene ring substituents is 1. The van der Waals surface area contributed by atoms with Gasteiger partial charge < -0.3 is 9.73 Å². The van der Waals surface area contributed by atoms with Gasteiger partial charge in [0.15, 0.2) is 0 Å². The van der Waals surface area contributed by atoms with Crippen molar-refractivity contribution >= 4 is 27.4 Å². The van der Waals surface area contributed by atoms with Crippen LogP contribution in [0, 0.1) is 17.0 Å². The second-order valence-electron chi connectivity index (χ2n) is 3.92. The summed E-state index contributed by atoms with van der Waals surface area (Å²) in [5.41, 5.74) is -0.158. The highest BCUT2D eigenvalue weighted by molar-refractivity contribution is 7.92. The van der Waals surface area contributed by atoms with Crippen LogP contribution in [0.25, 0.3) is 0 Å². The number of nitrogens with one attached hydrogen (secondary N) is 2.